The lowest BCUT2D eigenvalue weighted by atomic mass is 10.2. The first-order chi connectivity index (χ1) is 12.6. The van der Waals surface area contributed by atoms with Crippen molar-refractivity contribution in [1.29, 1.82) is 0 Å². The molecule has 1 saturated heterocycles. The maximum Gasteiger partial charge on any atom is 0.257 e. The van der Waals surface area contributed by atoms with E-state index in [1.807, 2.05) is 36.3 Å². The first-order valence-corrected chi connectivity index (χ1v) is 9.34. The zero-order valence-electron chi connectivity index (χ0n) is 14.5. The monoisotopic (exact) mass is 414 g/mol. The molecular weight excluding hydrogens is 396 g/mol. The quantitative estimate of drug-likeness (QED) is 0.644. The van der Waals surface area contributed by atoms with Gasteiger partial charge in [0.25, 0.3) is 5.91 Å². The fourth-order valence-corrected chi connectivity index (χ4v) is 3.56. The Morgan fingerprint density at radius 3 is 2.85 bits per heavy atom. The molecule has 0 unspecified atom stereocenters. The van der Waals surface area contributed by atoms with Crippen LogP contribution in [0.3, 0.4) is 0 Å². The summed E-state index contributed by atoms with van der Waals surface area (Å²) in [6.07, 6.45) is 6.12. The zero-order chi connectivity index (χ0) is 18.1. The molecule has 3 aromatic rings. The van der Waals surface area contributed by atoms with Gasteiger partial charge in [0.1, 0.15) is 0 Å². The van der Waals surface area contributed by atoms with Crippen molar-refractivity contribution in [3.63, 3.8) is 0 Å². The predicted octanol–water partition coefficient (Wildman–Crippen LogP) is 2.48. The van der Waals surface area contributed by atoms with Gasteiger partial charge in [-0.05, 0) is 24.6 Å². The number of aromatic nitrogens is 4. The van der Waals surface area contributed by atoms with E-state index in [1.54, 1.807) is 17.1 Å². The van der Waals surface area contributed by atoms with Crippen molar-refractivity contribution < 1.29 is 4.79 Å². The maximum absolute atomic E-state index is 12.6. The lowest BCUT2D eigenvalue weighted by Gasteiger charge is -2.22. The molecule has 0 radical (unpaired) electrons. The van der Waals surface area contributed by atoms with Crippen LogP contribution in [0, 0.1) is 0 Å². The Balaban J connectivity index is 1.50. The first kappa shape index (κ1) is 17.0. The summed E-state index contributed by atoms with van der Waals surface area (Å²) in [6.45, 7) is 2.92. The number of anilines is 1. The molecule has 0 atom stereocenters. The molecule has 1 aromatic carbocycles. The number of aryl methyl sites for hydroxylation is 1. The Hall–Kier alpha value is -2.48. The Bertz CT molecular complexity index is 956. The van der Waals surface area contributed by atoms with Crippen molar-refractivity contribution in [1.82, 2.24) is 24.6 Å². The maximum atomic E-state index is 12.6. The van der Waals surface area contributed by atoms with E-state index in [9.17, 15) is 4.79 Å². The van der Waals surface area contributed by atoms with Crippen LogP contribution in [-0.4, -0.2) is 56.7 Å². The van der Waals surface area contributed by atoms with Crippen molar-refractivity contribution in [3.8, 4) is 0 Å². The molecule has 1 aliphatic heterocycles. The smallest absolute Gasteiger partial charge is 0.257 e. The number of carbonyl (C=O) groups is 1. The molecule has 0 saturated carbocycles. The van der Waals surface area contributed by atoms with Gasteiger partial charge in [0.05, 0.1) is 17.3 Å². The summed E-state index contributed by atoms with van der Waals surface area (Å²) in [5, 5.41) is 5.09. The molecule has 3 heterocycles. The van der Waals surface area contributed by atoms with Gasteiger partial charge in [-0.25, -0.2) is 9.97 Å². The highest BCUT2D eigenvalue weighted by molar-refractivity contribution is 9.10. The van der Waals surface area contributed by atoms with Gasteiger partial charge >= 0.3 is 0 Å². The molecule has 1 aliphatic rings. The minimum absolute atomic E-state index is 0.0317. The average molecular weight is 415 g/mol. The van der Waals surface area contributed by atoms with Gasteiger partial charge in [0.2, 0.25) is 5.95 Å². The normalized spacial score (nSPS) is 15.3. The Morgan fingerprint density at radius 2 is 2.04 bits per heavy atom. The van der Waals surface area contributed by atoms with E-state index in [0.29, 0.717) is 18.7 Å². The van der Waals surface area contributed by atoms with Crippen LogP contribution in [0.25, 0.3) is 10.9 Å². The number of amides is 1. The molecule has 0 bridgehead atoms. The summed E-state index contributed by atoms with van der Waals surface area (Å²) in [6, 6.07) is 5.98. The molecule has 2 aromatic heterocycles. The largest absolute Gasteiger partial charge is 0.339 e. The molecule has 134 valence electrons. The minimum atomic E-state index is 0.0317. The number of benzene rings is 1. The number of rotatable bonds is 2. The van der Waals surface area contributed by atoms with Gasteiger partial charge in [0, 0.05) is 55.5 Å². The van der Waals surface area contributed by atoms with Crippen LogP contribution in [0.1, 0.15) is 16.8 Å². The molecule has 1 fully saturated rings. The molecule has 7 nitrogen and oxygen atoms in total. The zero-order valence-corrected chi connectivity index (χ0v) is 16.1. The topological polar surface area (TPSA) is 67.2 Å². The molecule has 8 heteroatoms. The lowest BCUT2D eigenvalue weighted by Crippen LogP contribution is -2.35. The second-order valence-corrected chi connectivity index (χ2v) is 7.32. The van der Waals surface area contributed by atoms with Gasteiger partial charge in [0.15, 0.2) is 0 Å². The number of nitrogens with zero attached hydrogens (tertiary/aromatic N) is 6. The van der Waals surface area contributed by atoms with Crippen molar-refractivity contribution in [2.75, 3.05) is 31.1 Å². The van der Waals surface area contributed by atoms with E-state index in [4.69, 9.17) is 4.98 Å². The van der Waals surface area contributed by atoms with Crippen molar-refractivity contribution in [2.45, 2.75) is 6.42 Å². The number of halogens is 1. The highest BCUT2D eigenvalue weighted by Gasteiger charge is 2.22. The van der Waals surface area contributed by atoms with Crippen LogP contribution in [0.5, 0.6) is 0 Å². The Morgan fingerprint density at radius 1 is 1.15 bits per heavy atom. The summed E-state index contributed by atoms with van der Waals surface area (Å²) in [7, 11) is 1.82. The summed E-state index contributed by atoms with van der Waals surface area (Å²) in [5.41, 5.74) is 1.55. The van der Waals surface area contributed by atoms with Gasteiger partial charge in [-0.1, -0.05) is 15.9 Å². The number of hydrogen-bond acceptors (Lipinski definition) is 5. The molecule has 0 N–H and O–H groups in total. The SMILES string of the molecule is Cn1cc(C(=O)N2CCCN(c3ncc4cc(Br)ccc4n3)CC2)cn1. The van der Waals surface area contributed by atoms with E-state index >= 15 is 0 Å². The minimum Gasteiger partial charge on any atom is -0.339 e. The fourth-order valence-electron chi connectivity index (χ4n) is 3.18. The molecule has 4 rings (SSSR count). The molecule has 0 aliphatic carbocycles. The van der Waals surface area contributed by atoms with Crippen molar-refractivity contribution in [2.24, 2.45) is 7.05 Å². The summed E-state index contributed by atoms with van der Waals surface area (Å²) >= 11 is 3.47. The Kier molecular flexibility index (Phi) is 4.58. The standard InChI is InChI=1S/C18H19BrN6O/c1-23-12-14(11-21-23)17(26)24-5-2-6-25(8-7-24)18-20-10-13-9-15(19)3-4-16(13)22-18/h3-4,9-12H,2,5-8H2,1H3. The van der Waals surface area contributed by atoms with Crippen LogP contribution in [-0.2, 0) is 7.05 Å². The van der Waals surface area contributed by atoms with Crippen LogP contribution >= 0.6 is 15.9 Å². The van der Waals surface area contributed by atoms with Crippen LogP contribution in [0.15, 0.2) is 41.3 Å². The first-order valence-electron chi connectivity index (χ1n) is 8.55. The highest BCUT2D eigenvalue weighted by atomic mass is 79.9. The fraction of sp³-hybridized carbons (Fsp3) is 0.333. The number of carbonyl (C=O) groups excluding carboxylic acids is 1. The van der Waals surface area contributed by atoms with E-state index in [0.717, 1.165) is 40.8 Å². The molecular formula is C18H19BrN6O. The molecule has 1 amide bonds. The van der Waals surface area contributed by atoms with E-state index < -0.39 is 0 Å². The average Bonchev–Trinajstić information content (AvgIpc) is 2.93. The van der Waals surface area contributed by atoms with Crippen LogP contribution < -0.4 is 4.90 Å². The Labute approximate surface area is 159 Å². The van der Waals surface area contributed by atoms with Crippen LogP contribution in [0.2, 0.25) is 0 Å². The van der Waals surface area contributed by atoms with Crippen molar-refractivity contribution >= 4 is 38.7 Å². The molecule has 0 spiro atoms. The summed E-state index contributed by atoms with van der Waals surface area (Å²) < 4.78 is 2.67. The highest BCUT2D eigenvalue weighted by Crippen LogP contribution is 2.20. The van der Waals surface area contributed by atoms with Crippen molar-refractivity contribution in [3.05, 3.63) is 46.8 Å². The van der Waals surface area contributed by atoms with Crippen LogP contribution in [0.4, 0.5) is 5.95 Å². The predicted molar refractivity (Wildman–Crippen MR) is 103 cm³/mol. The molecule has 26 heavy (non-hydrogen) atoms. The number of hydrogen-bond donors (Lipinski definition) is 0. The van der Waals surface area contributed by atoms with Gasteiger partial charge in [-0.15, -0.1) is 0 Å². The third kappa shape index (κ3) is 3.41. The third-order valence-corrected chi connectivity index (χ3v) is 5.04. The second kappa shape index (κ2) is 7.03. The van der Waals surface area contributed by atoms with Gasteiger partial charge in [-0.2, -0.15) is 5.10 Å². The second-order valence-electron chi connectivity index (χ2n) is 6.41. The summed E-state index contributed by atoms with van der Waals surface area (Å²) in [4.78, 5) is 25.9. The summed E-state index contributed by atoms with van der Waals surface area (Å²) in [5.74, 6) is 0.750. The lowest BCUT2D eigenvalue weighted by molar-refractivity contribution is 0.0767. The van der Waals surface area contributed by atoms with E-state index in [1.165, 1.54) is 0 Å². The van der Waals surface area contributed by atoms with E-state index in [2.05, 4.69) is 30.9 Å². The van der Waals surface area contributed by atoms with E-state index in [-0.39, 0.29) is 5.91 Å². The third-order valence-electron chi connectivity index (χ3n) is 4.55. The van der Waals surface area contributed by atoms with Gasteiger partial charge in [-0.3, -0.25) is 9.48 Å². The number of fused-ring (bicyclic) bond motifs is 1. The van der Waals surface area contributed by atoms with Gasteiger partial charge < -0.3 is 9.80 Å².